The third kappa shape index (κ3) is 2.47. The van der Waals surface area contributed by atoms with Crippen LogP contribution in [0.5, 0.6) is 0 Å². The van der Waals surface area contributed by atoms with Crippen molar-refractivity contribution < 1.29 is 0 Å². The summed E-state index contributed by atoms with van der Waals surface area (Å²) in [6, 6.07) is 8.78. The van der Waals surface area contributed by atoms with Gasteiger partial charge >= 0.3 is 0 Å². The average molecular weight is 293 g/mol. The number of nitrogens with zero attached hydrogens (tertiary/aromatic N) is 2. The lowest BCUT2D eigenvalue weighted by molar-refractivity contribution is 0.223. The second-order valence-corrected chi connectivity index (χ2v) is 5.95. The molecule has 1 aliphatic rings. The zero-order valence-electron chi connectivity index (χ0n) is 10.3. The molecule has 90 valence electrons. The van der Waals surface area contributed by atoms with E-state index in [1.807, 2.05) is 0 Å². The van der Waals surface area contributed by atoms with Gasteiger partial charge in [0.05, 0.1) is 11.5 Å². The lowest BCUT2D eigenvalue weighted by Gasteiger charge is -2.39. The Bertz CT molecular complexity index is 458. The molecule has 0 amide bonds. The molecule has 17 heavy (non-hydrogen) atoms. The highest BCUT2D eigenvalue weighted by atomic mass is 79.9. The average Bonchev–Trinajstić information content (AvgIpc) is 2.26. The molecule has 0 bridgehead atoms. The Morgan fingerprint density at radius 1 is 1.47 bits per heavy atom. The van der Waals surface area contributed by atoms with Crippen molar-refractivity contribution in [1.29, 1.82) is 5.26 Å². The quantitative estimate of drug-likeness (QED) is 0.845. The van der Waals surface area contributed by atoms with Crippen LogP contribution in [0, 0.1) is 23.7 Å². The first-order valence-electron chi connectivity index (χ1n) is 5.95. The third-order valence-corrected chi connectivity index (χ3v) is 4.16. The molecule has 0 saturated heterocycles. The van der Waals surface area contributed by atoms with E-state index in [1.165, 1.54) is 17.7 Å². The summed E-state index contributed by atoms with van der Waals surface area (Å²) in [7, 11) is 2.08. The maximum Gasteiger partial charge on any atom is 0.0748 e. The lowest BCUT2D eigenvalue weighted by Crippen LogP contribution is -2.40. The van der Waals surface area contributed by atoms with Crippen LogP contribution < -0.4 is 4.90 Å². The highest BCUT2D eigenvalue weighted by molar-refractivity contribution is 9.10. The van der Waals surface area contributed by atoms with Gasteiger partial charge < -0.3 is 4.90 Å². The second kappa shape index (κ2) is 4.70. The summed E-state index contributed by atoms with van der Waals surface area (Å²) in [6.07, 6.45) is 3.28. The fourth-order valence-electron chi connectivity index (χ4n) is 2.44. The van der Waals surface area contributed by atoms with Crippen LogP contribution in [-0.2, 0) is 0 Å². The Balaban J connectivity index is 2.17. The van der Waals surface area contributed by atoms with Gasteiger partial charge in [0.25, 0.3) is 0 Å². The Hall–Kier alpha value is -1.01. The van der Waals surface area contributed by atoms with Gasteiger partial charge in [-0.25, -0.2) is 0 Å². The highest BCUT2D eigenvalue weighted by Crippen LogP contribution is 2.41. The zero-order chi connectivity index (χ0) is 12.5. The number of anilines is 1. The van der Waals surface area contributed by atoms with Crippen LogP contribution in [-0.4, -0.2) is 13.6 Å². The number of hydrogen-bond donors (Lipinski definition) is 0. The van der Waals surface area contributed by atoms with Crippen molar-refractivity contribution in [3.8, 4) is 6.07 Å². The minimum absolute atomic E-state index is 0.108. The molecule has 0 aromatic heterocycles. The summed E-state index contributed by atoms with van der Waals surface area (Å²) >= 11 is 3.50. The number of rotatable bonds is 3. The van der Waals surface area contributed by atoms with Crippen molar-refractivity contribution in [1.82, 2.24) is 0 Å². The van der Waals surface area contributed by atoms with Gasteiger partial charge in [0.15, 0.2) is 0 Å². The van der Waals surface area contributed by atoms with Crippen LogP contribution in [0.3, 0.4) is 0 Å². The molecule has 2 nitrogen and oxygen atoms in total. The van der Waals surface area contributed by atoms with Gasteiger partial charge in [-0.05, 0) is 37.5 Å². The van der Waals surface area contributed by atoms with E-state index in [4.69, 9.17) is 0 Å². The number of hydrogen-bond acceptors (Lipinski definition) is 2. The summed E-state index contributed by atoms with van der Waals surface area (Å²) in [5, 5.41) is 9.27. The molecule has 1 aliphatic carbocycles. The van der Waals surface area contributed by atoms with Crippen LogP contribution in [0.25, 0.3) is 0 Å². The summed E-state index contributed by atoms with van der Waals surface area (Å²) in [6.45, 7) is 2.94. The van der Waals surface area contributed by atoms with E-state index < -0.39 is 0 Å². The predicted molar refractivity (Wildman–Crippen MR) is 74.0 cm³/mol. The summed E-state index contributed by atoms with van der Waals surface area (Å²) in [5.41, 5.74) is 2.35. The van der Waals surface area contributed by atoms with Crippen molar-refractivity contribution in [2.24, 2.45) is 5.41 Å². The fourth-order valence-corrected chi connectivity index (χ4v) is 2.79. The Kier molecular flexibility index (Phi) is 3.44. The van der Waals surface area contributed by atoms with E-state index in [0.29, 0.717) is 0 Å². The molecule has 1 aromatic rings. The summed E-state index contributed by atoms with van der Waals surface area (Å²) < 4.78 is 1.09. The Morgan fingerprint density at radius 2 is 2.18 bits per heavy atom. The highest BCUT2D eigenvalue weighted by Gasteiger charge is 2.38. The molecule has 0 unspecified atom stereocenters. The molecule has 1 aromatic carbocycles. The van der Waals surface area contributed by atoms with Crippen molar-refractivity contribution in [2.45, 2.75) is 26.2 Å². The van der Waals surface area contributed by atoms with Crippen LogP contribution >= 0.6 is 15.9 Å². The number of nitriles is 1. The van der Waals surface area contributed by atoms with Crippen LogP contribution in [0.2, 0.25) is 0 Å². The van der Waals surface area contributed by atoms with Gasteiger partial charge in [0.1, 0.15) is 0 Å². The lowest BCUT2D eigenvalue weighted by atomic mass is 9.69. The second-order valence-electron chi connectivity index (χ2n) is 5.03. The van der Waals surface area contributed by atoms with Gasteiger partial charge in [0, 0.05) is 23.8 Å². The van der Waals surface area contributed by atoms with Gasteiger partial charge in [-0.3, -0.25) is 0 Å². The van der Waals surface area contributed by atoms with Crippen molar-refractivity contribution >= 4 is 21.6 Å². The summed E-state index contributed by atoms with van der Waals surface area (Å²) in [4.78, 5) is 2.21. The van der Waals surface area contributed by atoms with E-state index >= 15 is 0 Å². The van der Waals surface area contributed by atoms with Crippen molar-refractivity contribution in [3.05, 3.63) is 28.2 Å². The molecule has 1 fully saturated rings. The van der Waals surface area contributed by atoms with Crippen LogP contribution in [0.1, 0.15) is 24.8 Å². The van der Waals surface area contributed by atoms with Crippen molar-refractivity contribution in [3.63, 3.8) is 0 Å². The Labute approximate surface area is 111 Å². The van der Waals surface area contributed by atoms with Crippen molar-refractivity contribution in [2.75, 3.05) is 18.5 Å². The molecule has 0 radical (unpaired) electrons. The smallest absolute Gasteiger partial charge is 0.0748 e. The maximum atomic E-state index is 9.27. The number of aryl methyl sites for hydroxylation is 1. The number of benzene rings is 1. The molecule has 0 heterocycles. The molecule has 0 spiro atoms. The standard InChI is InChI=1S/C14H17BrN2/c1-11-4-5-12(15)8-13(11)17(2)10-14(9-16)6-3-7-14/h4-5,8H,3,6-7,10H2,1-2H3. The van der Waals surface area contributed by atoms with Crippen LogP contribution in [0.15, 0.2) is 22.7 Å². The Morgan fingerprint density at radius 3 is 2.71 bits per heavy atom. The van der Waals surface area contributed by atoms with Gasteiger partial charge in [-0.15, -0.1) is 0 Å². The van der Waals surface area contributed by atoms with Gasteiger partial charge in [0.2, 0.25) is 0 Å². The van der Waals surface area contributed by atoms with E-state index in [1.54, 1.807) is 0 Å². The molecule has 0 N–H and O–H groups in total. The summed E-state index contributed by atoms with van der Waals surface area (Å²) in [5.74, 6) is 0. The molecule has 0 aliphatic heterocycles. The normalized spacial score (nSPS) is 17.1. The van der Waals surface area contributed by atoms with Crippen LogP contribution in [0.4, 0.5) is 5.69 Å². The van der Waals surface area contributed by atoms with E-state index in [-0.39, 0.29) is 5.41 Å². The van der Waals surface area contributed by atoms with E-state index in [9.17, 15) is 5.26 Å². The van der Waals surface area contributed by atoms with E-state index in [2.05, 4.69) is 59.1 Å². The molecule has 0 atom stereocenters. The first-order valence-corrected chi connectivity index (χ1v) is 6.74. The topological polar surface area (TPSA) is 27.0 Å². The molecule has 3 heteroatoms. The molecular formula is C14H17BrN2. The minimum Gasteiger partial charge on any atom is -0.373 e. The maximum absolute atomic E-state index is 9.27. The predicted octanol–water partition coefficient (Wildman–Crippen LogP) is 3.89. The fraction of sp³-hybridized carbons (Fsp3) is 0.500. The SMILES string of the molecule is Cc1ccc(Br)cc1N(C)CC1(C#N)CCC1. The third-order valence-electron chi connectivity index (χ3n) is 3.67. The molecular weight excluding hydrogens is 276 g/mol. The van der Waals surface area contributed by atoms with E-state index in [0.717, 1.165) is 23.9 Å². The zero-order valence-corrected chi connectivity index (χ0v) is 11.9. The van der Waals surface area contributed by atoms with Gasteiger partial charge in [-0.2, -0.15) is 5.26 Å². The molecule has 1 saturated carbocycles. The first kappa shape index (κ1) is 12.4. The minimum atomic E-state index is -0.108. The largest absolute Gasteiger partial charge is 0.373 e. The molecule has 2 rings (SSSR count). The van der Waals surface area contributed by atoms with Gasteiger partial charge in [-0.1, -0.05) is 28.4 Å². The first-order chi connectivity index (χ1) is 8.06. The number of halogens is 1. The monoisotopic (exact) mass is 292 g/mol.